The first kappa shape index (κ1) is 25.8. The van der Waals surface area contributed by atoms with Crippen LogP contribution in [0.15, 0.2) is 54.6 Å². The number of aromatic nitrogens is 2. The van der Waals surface area contributed by atoms with Crippen LogP contribution in [0.25, 0.3) is 5.69 Å². The largest absolute Gasteiger partial charge is 0.493 e. The highest BCUT2D eigenvalue weighted by atomic mass is 16.5. The number of unbranched alkanes of at least 4 members (excludes halogenated alkanes) is 1. The molecule has 3 aromatic rings. The van der Waals surface area contributed by atoms with E-state index in [-0.39, 0.29) is 6.10 Å². The molecule has 2 aromatic carbocycles. The Morgan fingerprint density at radius 1 is 1.00 bits per heavy atom. The van der Waals surface area contributed by atoms with Crippen molar-refractivity contribution in [1.29, 1.82) is 0 Å². The fraction of sp³-hybridized carbons (Fsp3) is 0.464. The molecule has 0 radical (unpaired) electrons. The van der Waals surface area contributed by atoms with Gasteiger partial charge in [-0.15, -0.1) is 0 Å². The average Bonchev–Trinajstić information content (AvgIpc) is 3.13. The van der Waals surface area contributed by atoms with Crippen LogP contribution in [0.5, 0.6) is 17.4 Å². The minimum atomic E-state index is -0.346. The molecule has 184 valence electrons. The number of aryl methyl sites for hydroxylation is 1. The van der Waals surface area contributed by atoms with Crippen LogP contribution in [-0.4, -0.2) is 46.1 Å². The van der Waals surface area contributed by atoms with Gasteiger partial charge >= 0.3 is 0 Å². The van der Waals surface area contributed by atoms with Crippen LogP contribution in [0, 0.1) is 12.8 Å². The van der Waals surface area contributed by atoms with E-state index in [0.717, 1.165) is 42.8 Å². The van der Waals surface area contributed by atoms with Crippen LogP contribution >= 0.6 is 0 Å². The van der Waals surface area contributed by atoms with E-state index in [1.165, 1.54) is 0 Å². The van der Waals surface area contributed by atoms with E-state index in [1.807, 2.05) is 66.2 Å². The fourth-order valence-corrected chi connectivity index (χ4v) is 4.15. The fourth-order valence-electron chi connectivity index (χ4n) is 4.15. The monoisotopic (exact) mass is 465 g/mol. The Morgan fingerprint density at radius 2 is 1.68 bits per heavy atom. The van der Waals surface area contributed by atoms with Crippen molar-refractivity contribution in [2.75, 3.05) is 20.2 Å². The van der Waals surface area contributed by atoms with Crippen LogP contribution in [0.4, 0.5) is 0 Å². The summed E-state index contributed by atoms with van der Waals surface area (Å²) in [5.41, 5.74) is 2.85. The van der Waals surface area contributed by atoms with E-state index in [0.29, 0.717) is 36.4 Å². The van der Waals surface area contributed by atoms with E-state index < -0.39 is 0 Å². The molecule has 0 fully saturated rings. The molecule has 0 aliphatic rings. The molecule has 0 aliphatic carbocycles. The molecule has 1 unspecified atom stereocenters. The van der Waals surface area contributed by atoms with Gasteiger partial charge in [0.05, 0.1) is 30.2 Å². The lowest BCUT2D eigenvalue weighted by Gasteiger charge is -2.27. The number of nitrogens with zero attached hydrogens (tertiary/aromatic N) is 3. The maximum absolute atomic E-state index is 10.7. The molecule has 6 heteroatoms. The molecule has 0 saturated carbocycles. The third-order valence-corrected chi connectivity index (χ3v) is 5.78. The van der Waals surface area contributed by atoms with Gasteiger partial charge in [-0.05, 0) is 43.5 Å². The molecule has 6 nitrogen and oxygen atoms in total. The van der Waals surface area contributed by atoms with Gasteiger partial charge in [-0.1, -0.05) is 63.9 Å². The van der Waals surface area contributed by atoms with E-state index in [4.69, 9.17) is 14.6 Å². The molecular weight excluding hydrogens is 426 g/mol. The Labute approximate surface area is 204 Å². The molecule has 1 heterocycles. The van der Waals surface area contributed by atoms with Gasteiger partial charge in [-0.3, -0.25) is 4.90 Å². The van der Waals surface area contributed by atoms with Crippen LogP contribution in [0.1, 0.15) is 51.3 Å². The molecular formula is C28H39N3O3. The zero-order valence-electron chi connectivity index (χ0n) is 21.2. The molecule has 0 saturated heterocycles. The standard InChI is InChI=1S/C28H39N3O3/c1-6-7-15-24(32)19-30(18-21(2)3)20-25-22(4)29-31(23-13-9-8-10-14-23)28(25)34-27-17-12-11-16-26(27)33-5/h8-14,16-17,21,24,32H,6-7,15,18-20H2,1-5H3. The summed E-state index contributed by atoms with van der Waals surface area (Å²) in [5, 5.41) is 15.5. The number of aliphatic hydroxyl groups is 1. The van der Waals surface area contributed by atoms with Crippen molar-refractivity contribution in [2.45, 2.75) is 59.6 Å². The minimum absolute atomic E-state index is 0.346. The van der Waals surface area contributed by atoms with Crippen molar-refractivity contribution < 1.29 is 14.6 Å². The van der Waals surface area contributed by atoms with Crippen LogP contribution in [-0.2, 0) is 6.54 Å². The summed E-state index contributed by atoms with van der Waals surface area (Å²) in [4.78, 5) is 2.32. The van der Waals surface area contributed by atoms with Crippen LogP contribution in [0.2, 0.25) is 0 Å². The second-order valence-electron chi connectivity index (χ2n) is 9.25. The highest BCUT2D eigenvalue weighted by molar-refractivity contribution is 5.47. The zero-order valence-corrected chi connectivity index (χ0v) is 21.2. The number of ether oxygens (including phenoxy) is 2. The van der Waals surface area contributed by atoms with Gasteiger partial charge in [-0.25, -0.2) is 4.68 Å². The van der Waals surface area contributed by atoms with E-state index in [1.54, 1.807) is 7.11 Å². The van der Waals surface area contributed by atoms with Crippen LogP contribution in [0.3, 0.4) is 0 Å². The molecule has 0 bridgehead atoms. The van der Waals surface area contributed by atoms with E-state index in [9.17, 15) is 5.11 Å². The van der Waals surface area contributed by atoms with E-state index >= 15 is 0 Å². The first-order valence-electron chi connectivity index (χ1n) is 12.3. The predicted molar refractivity (Wildman–Crippen MR) is 137 cm³/mol. The summed E-state index contributed by atoms with van der Waals surface area (Å²) < 4.78 is 13.9. The molecule has 1 atom stereocenters. The number of para-hydroxylation sites is 3. The number of hydrogen-bond acceptors (Lipinski definition) is 5. The lowest BCUT2D eigenvalue weighted by molar-refractivity contribution is 0.0927. The molecule has 0 amide bonds. The SMILES string of the molecule is CCCCC(O)CN(Cc1c(C)nn(-c2ccccc2)c1Oc1ccccc1OC)CC(C)C. The average molecular weight is 466 g/mol. The molecule has 34 heavy (non-hydrogen) atoms. The van der Waals surface area contributed by atoms with Gasteiger partial charge in [-0.2, -0.15) is 5.10 Å². The Hall–Kier alpha value is -2.83. The molecule has 3 rings (SSSR count). The highest BCUT2D eigenvalue weighted by Gasteiger charge is 2.23. The summed E-state index contributed by atoms with van der Waals surface area (Å²) in [7, 11) is 1.64. The van der Waals surface area contributed by atoms with Gasteiger partial charge in [0, 0.05) is 19.6 Å². The lowest BCUT2D eigenvalue weighted by Crippen LogP contribution is -2.35. The Balaban J connectivity index is 2.00. The van der Waals surface area contributed by atoms with Gasteiger partial charge in [0.25, 0.3) is 0 Å². The number of hydrogen-bond donors (Lipinski definition) is 1. The normalized spacial score (nSPS) is 12.4. The third-order valence-electron chi connectivity index (χ3n) is 5.78. The molecule has 1 N–H and O–H groups in total. The second-order valence-corrected chi connectivity index (χ2v) is 9.25. The first-order valence-corrected chi connectivity index (χ1v) is 12.3. The number of aliphatic hydroxyl groups excluding tert-OH is 1. The Bertz CT molecular complexity index is 1020. The topological polar surface area (TPSA) is 59.8 Å². The maximum atomic E-state index is 10.7. The maximum Gasteiger partial charge on any atom is 0.227 e. The van der Waals surface area contributed by atoms with E-state index in [2.05, 4.69) is 25.7 Å². The summed E-state index contributed by atoms with van der Waals surface area (Å²) in [5.74, 6) is 2.45. The zero-order chi connectivity index (χ0) is 24.5. The summed E-state index contributed by atoms with van der Waals surface area (Å²) in [6.45, 7) is 10.7. The van der Waals surface area contributed by atoms with Crippen molar-refractivity contribution in [2.24, 2.45) is 5.92 Å². The Morgan fingerprint density at radius 3 is 2.32 bits per heavy atom. The summed E-state index contributed by atoms with van der Waals surface area (Å²) in [6, 6.07) is 17.7. The molecule has 0 aliphatic heterocycles. The summed E-state index contributed by atoms with van der Waals surface area (Å²) >= 11 is 0. The van der Waals surface area contributed by atoms with Gasteiger partial charge < -0.3 is 14.6 Å². The third kappa shape index (κ3) is 6.84. The molecule has 1 aromatic heterocycles. The van der Waals surface area contributed by atoms with Gasteiger partial charge in [0.2, 0.25) is 5.88 Å². The van der Waals surface area contributed by atoms with Gasteiger partial charge in [0.1, 0.15) is 0 Å². The van der Waals surface area contributed by atoms with Crippen molar-refractivity contribution in [3.8, 4) is 23.1 Å². The van der Waals surface area contributed by atoms with Crippen molar-refractivity contribution in [3.05, 3.63) is 65.9 Å². The van der Waals surface area contributed by atoms with Crippen molar-refractivity contribution in [3.63, 3.8) is 0 Å². The lowest BCUT2D eigenvalue weighted by atomic mass is 10.1. The number of benzene rings is 2. The minimum Gasteiger partial charge on any atom is -0.493 e. The quantitative estimate of drug-likeness (QED) is 0.336. The Kier molecular flexibility index (Phi) is 9.54. The highest BCUT2D eigenvalue weighted by Crippen LogP contribution is 2.36. The summed E-state index contributed by atoms with van der Waals surface area (Å²) in [6.07, 6.45) is 2.59. The molecule has 0 spiro atoms. The number of rotatable bonds is 13. The predicted octanol–water partition coefficient (Wildman–Crippen LogP) is 5.99. The van der Waals surface area contributed by atoms with Crippen molar-refractivity contribution >= 4 is 0 Å². The second kappa shape index (κ2) is 12.6. The number of methoxy groups -OCH3 is 1. The smallest absolute Gasteiger partial charge is 0.227 e. The van der Waals surface area contributed by atoms with Gasteiger partial charge in [0.15, 0.2) is 11.5 Å². The first-order chi connectivity index (χ1) is 16.4. The van der Waals surface area contributed by atoms with Crippen LogP contribution < -0.4 is 9.47 Å². The van der Waals surface area contributed by atoms with Crippen molar-refractivity contribution in [1.82, 2.24) is 14.7 Å².